The number of carbonyl (C=O) groups excluding carboxylic acids is 1. The number of piperazine rings is 1. The van der Waals surface area contributed by atoms with Crippen LogP contribution in [0.2, 0.25) is 0 Å². The summed E-state index contributed by atoms with van der Waals surface area (Å²) in [6, 6.07) is 11.4. The van der Waals surface area contributed by atoms with Crippen molar-refractivity contribution < 1.29 is 9.53 Å². The summed E-state index contributed by atoms with van der Waals surface area (Å²) < 4.78 is 5.47. The lowest BCUT2D eigenvalue weighted by Crippen LogP contribution is -2.47. The monoisotopic (exact) mass is 384 g/mol. The van der Waals surface area contributed by atoms with Gasteiger partial charge in [-0.25, -0.2) is 10.8 Å². The topological polar surface area (TPSA) is 95.8 Å². The highest BCUT2D eigenvalue weighted by Crippen LogP contribution is 2.28. The fraction of sp³-hybridized carbons (Fsp3) is 0.400. The zero-order valence-corrected chi connectivity index (χ0v) is 16.2. The number of pyridine rings is 1. The lowest BCUT2D eigenvalue weighted by molar-refractivity contribution is 0.0951. The molecule has 0 saturated carbocycles. The van der Waals surface area contributed by atoms with E-state index >= 15 is 0 Å². The largest absolute Gasteiger partial charge is 0.495 e. The van der Waals surface area contributed by atoms with E-state index in [1.165, 1.54) is 0 Å². The second-order valence-electron chi connectivity index (χ2n) is 6.68. The molecule has 1 aliphatic rings. The van der Waals surface area contributed by atoms with Crippen LogP contribution in [0.25, 0.3) is 0 Å². The van der Waals surface area contributed by atoms with Gasteiger partial charge in [-0.2, -0.15) is 0 Å². The van der Waals surface area contributed by atoms with Crippen molar-refractivity contribution in [2.45, 2.75) is 6.42 Å². The number of hydrogen-bond donors (Lipinski definition) is 3. The number of amides is 1. The number of ether oxygens (including phenoxy) is 1. The number of hydrazine groups is 1. The van der Waals surface area contributed by atoms with Crippen molar-refractivity contribution in [1.29, 1.82) is 0 Å². The highest BCUT2D eigenvalue weighted by atomic mass is 16.5. The summed E-state index contributed by atoms with van der Waals surface area (Å²) in [5.74, 6) is 6.61. The molecule has 2 aromatic rings. The third-order valence-corrected chi connectivity index (χ3v) is 4.90. The third-order valence-electron chi connectivity index (χ3n) is 4.90. The predicted molar refractivity (Wildman–Crippen MR) is 111 cm³/mol. The molecule has 1 saturated heterocycles. The number of benzene rings is 1. The summed E-state index contributed by atoms with van der Waals surface area (Å²) in [6.45, 7) is 5.55. The molecule has 1 aromatic carbocycles. The van der Waals surface area contributed by atoms with E-state index in [1.54, 1.807) is 25.4 Å². The van der Waals surface area contributed by atoms with Crippen LogP contribution in [0, 0.1) is 0 Å². The number of nitrogens with zero attached hydrogens (tertiary/aromatic N) is 3. The van der Waals surface area contributed by atoms with Crippen LogP contribution < -0.4 is 26.2 Å². The smallest absolute Gasteiger partial charge is 0.251 e. The quantitative estimate of drug-likeness (QED) is 0.359. The fourth-order valence-corrected chi connectivity index (χ4v) is 3.36. The van der Waals surface area contributed by atoms with Gasteiger partial charge in [-0.1, -0.05) is 12.1 Å². The predicted octanol–water partition coefficient (Wildman–Crippen LogP) is 1.32. The summed E-state index contributed by atoms with van der Waals surface area (Å²) in [5, 5.41) is 2.95. The molecule has 2 heterocycles. The molecule has 0 radical (unpaired) electrons. The first-order chi connectivity index (χ1) is 13.7. The van der Waals surface area contributed by atoms with Crippen molar-refractivity contribution in [3.05, 3.63) is 48.2 Å². The van der Waals surface area contributed by atoms with E-state index in [1.807, 2.05) is 18.2 Å². The Bertz CT molecular complexity index is 777. The molecular weight excluding hydrogens is 356 g/mol. The number of aromatic nitrogens is 1. The number of nitrogens with one attached hydrogen (secondary N) is 2. The van der Waals surface area contributed by atoms with E-state index in [0.29, 0.717) is 17.9 Å². The molecule has 0 spiro atoms. The van der Waals surface area contributed by atoms with Gasteiger partial charge < -0.3 is 20.4 Å². The van der Waals surface area contributed by atoms with Crippen molar-refractivity contribution in [3.8, 4) is 5.75 Å². The number of hydrogen-bond acceptors (Lipinski definition) is 7. The molecule has 1 fully saturated rings. The minimum atomic E-state index is -0.111. The van der Waals surface area contributed by atoms with Crippen LogP contribution >= 0.6 is 0 Å². The van der Waals surface area contributed by atoms with Gasteiger partial charge in [0.15, 0.2) is 0 Å². The zero-order chi connectivity index (χ0) is 19.8. The second-order valence-corrected chi connectivity index (χ2v) is 6.68. The van der Waals surface area contributed by atoms with Crippen molar-refractivity contribution >= 4 is 17.4 Å². The Morgan fingerprint density at radius 1 is 1.21 bits per heavy atom. The van der Waals surface area contributed by atoms with Crippen molar-refractivity contribution in [2.75, 3.05) is 56.7 Å². The molecule has 0 unspecified atom stereocenters. The maximum absolute atomic E-state index is 12.2. The summed E-state index contributed by atoms with van der Waals surface area (Å²) >= 11 is 0. The van der Waals surface area contributed by atoms with Crippen LogP contribution in [0.5, 0.6) is 5.75 Å². The molecule has 1 aliphatic heterocycles. The van der Waals surface area contributed by atoms with Gasteiger partial charge in [0.25, 0.3) is 5.91 Å². The van der Waals surface area contributed by atoms with Gasteiger partial charge in [-0.05, 0) is 37.2 Å². The SMILES string of the molecule is COc1ccccc1N1CCN(CCCNC(=O)c2ccnc(NN)c2)CC1. The van der Waals surface area contributed by atoms with E-state index in [2.05, 4.69) is 31.6 Å². The van der Waals surface area contributed by atoms with E-state index in [-0.39, 0.29) is 5.91 Å². The average molecular weight is 384 g/mol. The summed E-state index contributed by atoms with van der Waals surface area (Å²) in [5.41, 5.74) is 4.15. The minimum absolute atomic E-state index is 0.111. The normalized spacial score (nSPS) is 14.6. The summed E-state index contributed by atoms with van der Waals surface area (Å²) in [6.07, 6.45) is 2.47. The fourth-order valence-electron chi connectivity index (χ4n) is 3.36. The first-order valence-corrected chi connectivity index (χ1v) is 9.52. The molecule has 0 bridgehead atoms. The van der Waals surface area contributed by atoms with Crippen LogP contribution in [-0.4, -0.2) is 62.2 Å². The Labute approximate surface area is 165 Å². The maximum atomic E-state index is 12.2. The highest BCUT2D eigenvalue weighted by molar-refractivity contribution is 5.94. The number of para-hydroxylation sites is 2. The van der Waals surface area contributed by atoms with Crippen molar-refractivity contribution in [1.82, 2.24) is 15.2 Å². The van der Waals surface area contributed by atoms with Gasteiger partial charge in [0.1, 0.15) is 11.6 Å². The molecule has 0 atom stereocenters. The van der Waals surface area contributed by atoms with E-state index < -0.39 is 0 Å². The Morgan fingerprint density at radius 3 is 2.75 bits per heavy atom. The van der Waals surface area contributed by atoms with Gasteiger partial charge in [0.2, 0.25) is 0 Å². The first-order valence-electron chi connectivity index (χ1n) is 9.52. The van der Waals surface area contributed by atoms with Crippen molar-refractivity contribution in [3.63, 3.8) is 0 Å². The first kappa shape index (κ1) is 19.9. The van der Waals surface area contributed by atoms with Gasteiger partial charge >= 0.3 is 0 Å². The second kappa shape index (κ2) is 9.91. The lowest BCUT2D eigenvalue weighted by Gasteiger charge is -2.36. The maximum Gasteiger partial charge on any atom is 0.251 e. The van der Waals surface area contributed by atoms with Crippen LogP contribution in [0.4, 0.5) is 11.5 Å². The van der Waals surface area contributed by atoms with E-state index in [0.717, 1.165) is 50.6 Å². The molecule has 3 rings (SSSR count). The molecule has 1 amide bonds. The van der Waals surface area contributed by atoms with Gasteiger partial charge in [-0.15, -0.1) is 0 Å². The number of rotatable bonds is 8. The van der Waals surface area contributed by atoms with E-state index in [4.69, 9.17) is 10.6 Å². The number of carbonyl (C=O) groups is 1. The van der Waals surface area contributed by atoms with Gasteiger partial charge in [-0.3, -0.25) is 9.69 Å². The highest BCUT2D eigenvalue weighted by Gasteiger charge is 2.19. The van der Waals surface area contributed by atoms with Crippen LogP contribution in [-0.2, 0) is 0 Å². The van der Waals surface area contributed by atoms with Crippen LogP contribution in [0.3, 0.4) is 0 Å². The Hall–Kier alpha value is -2.84. The Balaban J connectivity index is 1.38. The molecule has 8 heteroatoms. The van der Waals surface area contributed by atoms with Gasteiger partial charge in [0, 0.05) is 44.5 Å². The lowest BCUT2D eigenvalue weighted by atomic mass is 10.2. The Kier molecular flexibility index (Phi) is 7.05. The van der Waals surface area contributed by atoms with Crippen LogP contribution in [0.1, 0.15) is 16.8 Å². The molecule has 28 heavy (non-hydrogen) atoms. The zero-order valence-electron chi connectivity index (χ0n) is 16.2. The molecule has 150 valence electrons. The number of nitrogen functional groups attached to an aromatic ring is 1. The molecule has 8 nitrogen and oxygen atoms in total. The number of methoxy groups -OCH3 is 1. The van der Waals surface area contributed by atoms with Gasteiger partial charge in [0.05, 0.1) is 12.8 Å². The van der Waals surface area contributed by atoms with Crippen LogP contribution in [0.15, 0.2) is 42.6 Å². The molecule has 1 aromatic heterocycles. The average Bonchev–Trinajstić information content (AvgIpc) is 2.77. The summed E-state index contributed by atoms with van der Waals surface area (Å²) in [7, 11) is 1.71. The Morgan fingerprint density at radius 2 is 2.00 bits per heavy atom. The molecule has 0 aliphatic carbocycles. The van der Waals surface area contributed by atoms with E-state index in [9.17, 15) is 4.79 Å². The summed E-state index contributed by atoms with van der Waals surface area (Å²) in [4.78, 5) is 21.0. The standard InChI is InChI=1S/C20H28N6O2/c1-28-18-6-3-2-5-17(18)26-13-11-25(12-14-26)10-4-8-23-20(27)16-7-9-22-19(15-16)24-21/h2-3,5-7,9,15H,4,8,10-14,21H2,1H3,(H,22,24)(H,23,27). The third kappa shape index (κ3) is 5.11. The van der Waals surface area contributed by atoms with Crippen molar-refractivity contribution in [2.24, 2.45) is 5.84 Å². The molecule has 4 N–H and O–H groups in total. The minimum Gasteiger partial charge on any atom is -0.495 e. The number of nitrogens with two attached hydrogens (primary N) is 1. The number of anilines is 2. The molecular formula is C20H28N6O2.